The predicted octanol–water partition coefficient (Wildman–Crippen LogP) is 0.810. The van der Waals surface area contributed by atoms with Crippen LogP contribution in [0.3, 0.4) is 0 Å². The van der Waals surface area contributed by atoms with Crippen molar-refractivity contribution in [2.75, 3.05) is 0 Å². The molecule has 112 valence electrons. The molecule has 2 aromatic heterocycles. The summed E-state index contributed by atoms with van der Waals surface area (Å²) in [6.45, 7) is 3.90. The number of rotatable bonds is 2. The van der Waals surface area contributed by atoms with Gasteiger partial charge in [-0.25, -0.2) is 0 Å². The third-order valence-electron chi connectivity index (χ3n) is 3.41. The Bertz CT molecular complexity index is 1050. The highest BCUT2D eigenvalue weighted by Crippen LogP contribution is 2.17. The molecule has 0 aliphatic rings. The third-order valence-corrected chi connectivity index (χ3v) is 3.41. The van der Waals surface area contributed by atoms with Gasteiger partial charge in [-0.1, -0.05) is 38.1 Å². The first-order valence-electron chi connectivity index (χ1n) is 7.17. The number of benzene rings is 1. The summed E-state index contributed by atoms with van der Waals surface area (Å²) in [5, 5.41) is 1.55. The van der Waals surface area contributed by atoms with Crippen LogP contribution in [0.2, 0.25) is 0 Å². The van der Waals surface area contributed by atoms with Crippen LogP contribution in [0.1, 0.15) is 19.4 Å². The third kappa shape index (κ3) is 2.65. The van der Waals surface area contributed by atoms with E-state index in [4.69, 9.17) is 0 Å². The Labute approximate surface area is 126 Å². The van der Waals surface area contributed by atoms with Crippen LogP contribution in [0, 0.1) is 5.92 Å². The van der Waals surface area contributed by atoms with E-state index in [0.717, 1.165) is 16.5 Å². The minimum atomic E-state index is -0.309. The molecule has 0 unspecified atom stereocenters. The van der Waals surface area contributed by atoms with Crippen molar-refractivity contribution >= 4 is 23.1 Å². The van der Waals surface area contributed by atoms with Crippen LogP contribution in [0.5, 0.6) is 0 Å². The maximum atomic E-state index is 12.1. The number of hydrogen-bond donors (Lipinski definition) is 3. The fraction of sp³-hybridized carbons (Fsp3) is 0.176. The Morgan fingerprint density at radius 3 is 2.45 bits per heavy atom. The lowest BCUT2D eigenvalue weighted by molar-refractivity contribution is 0.866. The predicted molar refractivity (Wildman–Crippen MR) is 88.1 cm³/mol. The molecule has 0 saturated carbocycles. The monoisotopic (exact) mass is 295 g/mol. The van der Waals surface area contributed by atoms with Crippen molar-refractivity contribution in [1.82, 2.24) is 15.0 Å². The number of H-pyrrole nitrogens is 3. The number of hydrogen-bond acceptors (Lipinski definition) is 2. The van der Waals surface area contributed by atoms with Crippen molar-refractivity contribution in [3.63, 3.8) is 0 Å². The SMILES string of the molecule is CC(C)/C=c1/[nH]c(=O)/c(=C\c2c[nH]c3ccccc23)[nH]c1=O. The Hall–Kier alpha value is -2.82. The maximum Gasteiger partial charge on any atom is 0.272 e. The van der Waals surface area contributed by atoms with Gasteiger partial charge in [0.1, 0.15) is 10.7 Å². The number of aromatic nitrogens is 3. The first-order valence-corrected chi connectivity index (χ1v) is 7.17. The molecule has 5 heteroatoms. The highest BCUT2D eigenvalue weighted by Gasteiger charge is 2.01. The van der Waals surface area contributed by atoms with Crippen molar-refractivity contribution in [3.05, 3.63) is 67.4 Å². The lowest BCUT2D eigenvalue weighted by atomic mass is 10.1. The molecule has 0 bridgehead atoms. The molecule has 0 spiro atoms. The number of aromatic amines is 3. The van der Waals surface area contributed by atoms with Gasteiger partial charge >= 0.3 is 0 Å². The summed E-state index contributed by atoms with van der Waals surface area (Å²) < 4.78 is 0. The molecule has 0 aliphatic heterocycles. The average Bonchev–Trinajstić information content (AvgIpc) is 2.87. The lowest BCUT2D eigenvalue weighted by Crippen LogP contribution is -2.47. The van der Waals surface area contributed by atoms with Crippen molar-refractivity contribution in [2.45, 2.75) is 13.8 Å². The van der Waals surface area contributed by atoms with Crippen LogP contribution in [0.25, 0.3) is 23.1 Å². The molecule has 1 aromatic carbocycles. The van der Waals surface area contributed by atoms with Gasteiger partial charge < -0.3 is 15.0 Å². The molecular weight excluding hydrogens is 278 g/mol. The van der Waals surface area contributed by atoms with E-state index in [0.29, 0.717) is 5.35 Å². The number of fused-ring (bicyclic) bond motifs is 1. The second kappa shape index (κ2) is 5.52. The molecular formula is C17H17N3O2. The molecule has 0 aliphatic carbocycles. The van der Waals surface area contributed by atoms with E-state index in [9.17, 15) is 9.59 Å². The van der Waals surface area contributed by atoms with E-state index >= 15 is 0 Å². The zero-order chi connectivity index (χ0) is 15.7. The van der Waals surface area contributed by atoms with Gasteiger partial charge in [0, 0.05) is 22.7 Å². The summed E-state index contributed by atoms with van der Waals surface area (Å²) in [6, 6.07) is 7.79. The Balaban J connectivity index is 2.23. The van der Waals surface area contributed by atoms with Crippen LogP contribution in [-0.4, -0.2) is 15.0 Å². The van der Waals surface area contributed by atoms with Crippen LogP contribution in [-0.2, 0) is 0 Å². The molecule has 0 amide bonds. The summed E-state index contributed by atoms with van der Waals surface area (Å²) in [6.07, 6.45) is 5.23. The summed E-state index contributed by atoms with van der Waals surface area (Å²) in [4.78, 5) is 32.6. The van der Waals surface area contributed by atoms with Crippen LogP contribution in [0.4, 0.5) is 0 Å². The van der Waals surface area contributed by atoms with Crippen LogP contribution >= 0.6 is 0 Å². The molecule has 0 atom stereocenters. The van der Waals surface area contributed by atoms with Gasteiger partial charge in [0.2, 0.25) is 0 Å². The molecule has 5 nitrogen and oxygen atoms in total. The van der Waals surface area contributed by atoms with E-state index in [2.05, 4.69) is 15.0 Å². The van der Waals surface area contributed by atoms with Gasteiger partial charge in [-0.2, -0.15) is 0 Å². The lowest BCUT2D eigenvalue weighted by Gasteiger charge is -1.94. The second-order valence-corrected chi connectivity index (χ2v) is 5.58. The van der Waals surface area contributed by atoms with Gasteiger partial charge in [-0.15, -0.1) is 0 Å². The fourth-order valence-corrected chi connectivity index (χ4v) is 2.41. The maximum absolute atomic E-state index is 12.1. The van der Waals surface area contributed by atoms with Gasteiger partial charge in [0.25, 0.3) is 11.1 Å². The van der Waals surface area contributed by atoms with E-state index < -0.39 is 0 Å². The molecule has 2 heterocycles. The second-order valence-electron chi connectivity index (χ2n) is 5.58. The van der Waals surface area contributed by atoms with E-state index in [1.807, 2.05) is 44.3 Å². The largest absolute Gasteiger partial charge is 0.361 e. The minimum absolute atomic E-state index is 0.181. The van der Waals surface area contributed by atoms with Crippen molar-refractivity contribution in [2.24, 2.45) is 5.92 Å². The van der Waals surface area contributed by atoms with Crippen LogP contribution < -0.4 is 21.8 Å². The summed E-state index contributed by atoms with van der Waals surface area (Å²) >= 11 is 0. The average molecular weight is 295 g/mol. The zero-order valence-corrected chi connectivity index (χ0v) is 12.4. The highest BCUT2D eigenvalue weighted by atomic mass is 16.1. The highest BCUT2D eigenvalue weighted by molar-refractivity contribution is 5.88. The van der Waals surface area contributed by atoms with E-state index in [1.54, 1.807) is 12.2 Å². The topological polar surface area (TPSA) is 81.5 Å². The quantitative estimate of drug-likeness (QED) is 0.654. The van der Waals surface area contributed by atoms with Gasteiger partial charge in [0.05, 0.1) is 0 Å². The molecule has 22 heavy (non-hydrogen) atoms. The zero-order valence-electron chi connectivity index (χ0n) is 12.4. The first kappa shape index (κ1) is 14.1. The number of para-hydroxylation sites is 1. The fourth-order valence-electron chi connectivity index (χ4n) is 2.41. The summed E-state index contributed by atoms with van der Waals surface area (Å²) in [5.74, 6) is 0.181. The summed E-state index contributed by atoms with van der Waals surface area (Å²) in [7, 11) is 0. The standard InChI is InChI=1S/C17H17N3O2/c1-10(2)7-14-16(21)20-15(17(22)19-14)8-11-9-18-13-6-4-3-5-12(11)13/h3-10,18H,1-2H3,(H,19,22)(H,20,21)/b14-7+,15-8+. The molecule has 0 radical (unpaired) electrons. The molecule has 3 aromatic rings. The van der Waals surface area contributed by atoms with Crippen molar-refractivity contribution in [3.8, 4) is 0 Å². The van der Waals surface area contributed by atoms with E-state index in [1.165, 1.54) is 0 Å². The summed E-state index contributed by atoms with van der Waals surface area (Å²) in [5.41, 5.74) is 1.24. The van der Waals surface area contributed by atoms with Crippen LogP contribution in [0.15, 0.2) is 40.1 Å². The number of nitrogens with one attached hydrogen (secondary N) is 3. The van der Waals surface area contributed by atoms with Gasteiger partial charge in [0.15, 0.2) is 0 Å². The Kier molecular flexibility index (Phi) is 3.55. The van der Waals surface area contributed by atoms with Crippen molar-refractivity contribution < 1.29 is 0 Å². The smallest absolute Gasteiger partial charge is 0.272 e. The first-order chi connectivity index (χ1) is 10.5. The normalized spacial score (nSPS) is 13.4. The minimum Gasteiger partial charge on any atom is -0.361 e. The Morgan fingerprint density at radius 1 is 1.00 bits per heavy atom. The Morgan fingerprint density at radius 2 is 1.68 bits per heavy atom. The van der Waals surface area contributed by atoms with E-state index in [-0.39, 0.29) is 22.4 Å². The molecule has 0 fully saturated rings. The molecule has 3 rings (SSSR count). The molecule has 0 saturated heterocycles. The van der Waals surface area contributed by atoms with Gasteiger partial charge in [-0.3, -0.25) is 9.59 Å². The van der Waals surface area contributed by atoms with Crippen molar-refractivity contribution in [1.29, 1.82) is 0 Å². The molecule has 3 N–H and O–H groups in total. The van der Waals surface area contributed by atoms with Gasteiger partial charge in [-0.05, 0) is 18.1 Å².